The van der Waals surface area contributed by atoms with Crippen LogP contribution >= 0.6 is 0 Å². The summed E-state index contributed by atoms with van der Waals surface area (Å²) in [5.41, 5.74) is 1.45. The van der Waals surface area contributed by atoms with Crippen molar-refractivity contribution in [2.75, 3.05) is 6.26 Å². The third-order valence-corrected chi connectivity index (χ3v) is 4.34. The normalized spacial score (nSPS) is 24.1. The van der Waals surface area contributed by atoms with Gasteiger partial charge in [0.2, 0.25) is 0 Å². The summed E-state index contributed by atoms with van der Waals surface area (Å²) in [4.78, 5) is 12.2. The Morgan fingerprint density at radius 3 is 2.85 bits per heavy atom. The van der Waals surface area contributed by atoms with E-state index >= 15 is 0 Å². The standard InChI is InChI=1S/C15H21NO3S/c1-20(19)10-11-5-4-6-12(9-11)15(18)16-13-7-2-3-8-14(13)17/h4-6,9,13-14,17H,2-3,7-8,10H2,1H3,(H,16,18). The first-order valence-corrected chi connectivity index (χ1v) is 8.67. The Kier molecular flexibility index (Phi) is 5.31. The van der Waals surface area contributed by atoms with E-state index in [-0.39, 0.29) is 11.9 Å². The van der Waals surface area contributed by atoms with Gasteiger partial charge in [-0.3, -0.25) is 9.00 Å². The van der Waals surface area contributed by atoms with E-state index in [1.54, 1.807) is 24.5 Å². The Labute approximate surface area is 122 Å². The van der Waals surface area contributed by atoms with E-state index < -0.39 is 16.9 Å². The van der Waals surface area contributed by atoms with Crippen molar-refractivity contribution in [3.05, 3.63) is 35.4 Å². The Balaban J connectivity index is 2.03. The van der Waals surface area contributed by atoms with Gasteiger partial charge >= 0.3 is 0 Å². The average molecular weight is 295 g/mol. The van der Waals surface area contributed by atoms with E-state index in [1.807, 2.05) is 6.07 Å². The minimum absolute atomic E-state index is 0.153. The molecule has 0 saturated heterocycles. The predicted octanol–water partition coefficient (Wildman–Crippen LogP) is 1.60. The summed E-state index contributed by atoms with van der Waals surface area (Å²) in [7, 11) is -0.922. The zero-order valence-electron chi connectivity index (χ0n) is 11.7. The smallest absolute Gasteiger partial charge is 0.251 e. The van der Waals surface area contributed by atoms with Crippen molar-refractivity contribution in [2.45, 2.75) is 43.6 Å². The molecule has 2 N–H and O–H groups in total. The number of carbonyl (C=O) groups excluding carboxylic acids is 1. The van der Waals surface area contributed by atoms with Crippen LogP contribution in [0.5, 0.6) is 0 Å². The van der Waals surface area contributed by atoms with Crippen LogP contribution in [0.2, 0.25) is 0 Å². The lowest BCUT2D eigenvalue weighted by molar-refractivity contribution is 0.0717. The number of nitrogens with one attached hydrogen (secondary N) is 1. The molecule has 0 radical (unpaired) electrons. The molecule has 110 valence electrons. The molecule has 0 aliphatic heterocycles. The van der Waals surface area contributed by atoms with E-state index in [2.05, 4.69) is 5.32 Å². The van der Waals surface area contributed by atoms with Crippen molar-refractivity contribution in [2.24, 2.45) is 0 Å². The first kappa shape index (κ1) is 15.2. The molecular formula is C15H21NO3S. The highest BCUT2D eigenvalue weighted by Crippen LogP contribution is 2.19. The largest absolute Gasteiger partial charge is 0.391 e. The van der Waals surface area contributed by atoms with Crippen LogP contribution in [0, 0.1) is 0 Å². The predicted molar refractivity (Wildman–Crippen MR) is 79.9 cm³/mol. The van der Waals surface area contributed by atoms with Gasteiger partial charge in [-0.05, 0) is 30.5 Å². The Hall–Kier alpha value is -1.20. The highest BCUT2D eigenvalue weighted by molar-refractivity contribution is 7.83. The summed E-state index contributed by atoms with van der Waals surface area (Å²) in [5.74, 6) is 0.285. The van der Waals surface area contributed by atoms with Gasteiger partial charge in [0.25, 0.3) is 5.91 Å². The van der Waals surface area contributed by atoms with Crippen LogP contribution in [-0.2, 0) is 16.6 Å². The van der Waals surface area contributed by atoms with Crippen molar-refractivity contribution in [1.82, 2.24) is 5.32 Å². The van der Waals surface area contributed by atoms with Crippen LogP contribution < -0.4 is 5.32 Å². The van der Waals surface area contributed by atoms with Gasteiger partial charge in [-0.15, -0.1) is 0 Å². The molecule has 1 aliphatic carbocycles. The van der Waals surface area contributed by atoms with Gasteiger partial charge in [-0.1, -0.05) is 25.0 Å². The highest BCUT2D eigenvalue weighted by Gasteiger charge is 2.24. The number of amides is 1. The van der Waals surface area contributed by atoms with Gasteiger partial charge in [-0.25, -0.2) is 0 Å². The van der Waals surface area contributed by atoms with Gasteiger partial charge in [0, 0.05) is 28.4 Å². The highest BCUT2D eigenvalue weighted by atomic mass is 32.2. The Morgan fingerprint density at radius 2 is 2.15 bits per heavy atom. The number of aliphatic hydroxyl groups excluding tert-OH is 1. The fourth-order valence-corrected chi connectivity index (χ4v) is 3.22. The molecule has 20 heavy (non-hydrogen) atoms. The number of aliphatic hydroxyl groups is 1. The molecule has 1 aliphatic rings. The van der Waals surface area contributed by atoms with Gasteiger partial charge in [-0.2, -0.15) is 0 Å². The zero-order chi connectivity index (χ0) is 14.5. The molecule has 2 rings (SSSR count). The topological polar surface area (TPSA) is 66.4 Å². The molecule has 1 aromatic rings. The zero-order valence-corrected chi connectivity index (χ0v) is 12.5. The number of benzene rings is 1. The van der Waals surface area contributed by atoms with Gasteiger partial charge in [0.15, 0.2) is 0 Å². The summed E-state index contributed by atoms with van der Waals surface area (Å²) in [6, 6.07) is 7.03. The molecule has 3 atom stereocenters. The van der Waals surface area contributed by atoms with Crippen molar-refractivity contribution in [1.29, 1.82) is 0 Å². The minimum Gasteiger partial charge on any atom is -0.391 e. The molecule has 1 fully saturated rings. The lowest BCUT2D eigenvalue weighted by Crippen LogP contribution is -2.45. The Morgan fingerprint density at radius 1 is 1.40 bits per heavy atom. The lowest BCUT2D eigenvalue weighted by Gasteiger charge is -2.28. The molecule has 5 heteroatoms. The fraction of sp³-hybridized carbons (Fsp3) is 0.533. The van der Waals surface area contributed by atoms with Gasteiger partial charge in [0.1, 0.15) is 0 Å². The van der Waals surface area contributed by atoms with Crippen LogP contribution in [-0.4, -0.2) is 33.6 Å². The van der Waals surface area contributed by atoms with Gasteiger partial charge in [0.05, 0.1) is 12.1 Å². The molecular weight excluding hydrogens is 274 g/mol. The summed E-state index contributed by atoms with van der Waals surface area (Å²) in [6.45, 7) is 0. The van der Waals surface area contributed by atoms with Crippen molar-refractivity contribution in [3.8, 4) is 0 Å². The van der Waals surface area contributed by atoms with E-state index in [0.717, 1.165) is 31.2 Å². The number of rotatable bonds is 4. The number of hydrogen-bond donors (Lipinski definition) is 2. The quantitative estimate of drug-likeness (QED) is 0.886. The van der Waals surface area contributed by atoms with Gasteiger partial charge < -0.3 is 10.4 Å². The van der Waals surface area contributed by atoms with Crippen LogP contribution in [0.3, 0.4) is 0 Å². The van der Waals surface area contributed by atoms with Crippen LogP contribution in [0.4, 0.5) is 0 Å². The molecule has 3 unspecified atom stereocenters. The van der Waals surface area contributed by atoms with Crippen molar-refractivity contribution >= 4 is 16.7 Å². The second-order valence-corrected chi connectivity index (χ2v) is 6.78. The molecule has 1 aromatic carbocycles. The summed E-state index contributed by atoms with van der Waals surface area (Å²) >= 11 is 0. The number of carbonyl (C=O) groups is 1. The van der Waals surface area contributed by atoms with E-state index in [1.165, 1.54) is 0 Å². The molecule has 0 bridgehead atoms. The lowest BCUT2D eigenvalue weighted by atomic mass is 9.92. The maximum absolute atomic E-state index is 12.2. The molecule has 0 aromatic heterocycles. The third-order valence-electron chi connectivity index (χ3n) is 3.61. The van der Waals surface area contributed by atoms with E-state index in [0.29, 0.717) is 11.3 Å². The first-order valence-electron chi connectivity index (χ1n) is 6.94. The SMILES string of the molecule is CS(=O)Cc1cccc(C(=O)NC2CCCCC2O)c1. The molecule has 1 saturated carbocycles. The van der Waals surface area contributed by atoms with E-state index in [4.69, 9.17) is 0 Å². The maximum atomic E-state index is 12.2. The minimum atomic E-state index is -0.922. The fourth-order valence-electron chi connectivity index (χ4n) is 2.57. The van der Waals surface area contributed by atoms with Crippen LogP contribution in [0.25, 0.3) is 0 Å². The summed E-state index contributed by atoms with van der Waals surface area (Å²) in [6.07, 6.45) is 4.83. The van der Waals surface area contributed by atoms with Crippen LogP contribution in [0.1, 0.15) is 41.6 Å². The maximum Gasteiger partial charge on any atom is 0.251 e. The molecule has 0 heterocycles. The monoisotopic (exact) mass is 295 g/mol. The second-order valence-electron chi connectivity index (χ2n) is 5.35. The molecule has 0 spiro atoms. The first-order chi connectivity index (χ1) is 9.56. The Bertz CT molecular complexity index is 504. The average Bonchev–Trinajstić information content (AvgIpc) is 2.41. The van der Waals surface area contributed by atoms with Crippen molar-refractivity contribution in [3.63, 3.8) is 0 Å². The summed E-state index contributed by atoms with van der Waals surface area (Å²) in [5, 5.41) is 12.8. The molecule has 1 amide bonds. The summed E-state index contributed by atoms with van der Waals surface area (Å²) < 4.78 is 11.2. The second kappa shape index (κ2) is 6.99. The van der Waals surface area contributed by atoms with Crippen molar-refractivity contribution < 1.29 is 14.1 Å². The number of hydrogen-bond acceptors (Lipinski definition) is 3. The van der Waals surface area contributed by atoms with Crippen LogP contribution in [0.15, 0.2) is 24.3 Å². The molecule has 4 nitrogen and oxygen atoms in total. The van der Waals surface area contributed by atoms with E-state index in [9.17, 15) is 14.1 Å². The third kappa shape index (κ3) is 4.15.